The minimum Gasteiger partial charge on any atom is -0.352 e. The van der Waals surface area contributed by atoms with Crippen LogP contribution >= 0.6 is 0 Å². The van der Waals surface area contributed by atoms with Crippen LogP contribution in [0.2, 0.25) is 0 Å². The first-order valence-corrected chi connectivity index (χ1v) is 11.7. The summed E-state index contributed by atoms with van der Waals surface area (Å²) >= 11 is 0. The van der Waals surface area contributed by atoms with E-state index in [1.54, 1.807) is 36.4 Å². The molecule has 1 N–H and O–H groups in total. The lowest BCUT2D eigenvalue weighted by molar-refractivity contribution is -0.127. The molecule has 1 atom stereocenters. The number of carbonyl (C=O) groups is 1. The molecule has 30 heavy (non-hydrogen) atoms. The molecule has 6 nitrogen and oxygen atoms in total. The Morgan fingerprint density at radius 1 is 1.00 bits per heavy atom. The van der Waals surface area contributed by atoms with E-state index < -0.39 is 16.1 Å². The fourth-order valence-corrected chi connectivity index (χ4v) is 5.16. The molecule has 0 aromatic heterocycles. The van der Waals surface area contributed by atoms with Crippen LogP contribution in [0.15, 0.2) is 53.4 Å². The monoisotopic (exact) mass is 431 g/mol. The highest BCUT2D eigenvalue weighted by atomic mass is 32.2. The van der Waals surface area contributed by atoms with Crippen molar-refractivity contribution < 1.29 is 17.6 Å². The maximum atomic E-state index is 13.4. The van der Waals surface area contributed by atoms with Gasteiger partial charge in [0.15, 0.2) is 0 Å². The summed E-state index contributed by atoms with van der Waals surface area (Å²) in [6.45, 7) is 3.35. The van der Waals surface area contributed by atoms with E-state index in [2.05, 4.69) is 5.32 Å². The largest absolute Gasteiger partial charge is 0.352 e. The summed E-state index contributed by atoms with van der Waals surface area (Å²) in [6, 6.07) is 12.4. The molecule has 1 saturated heterocycles. The smallest absolute Gasteiger partial charge is 0.243 e. The summed E-state index contributed by atoms with van der Waals surface area (Å²) in [5.41, 5.74) is 1.71. The number of amides is 1. The van der Waals surface area contributed by atoms with E-state index in [1.807, 2.05) is 11.8 Å². The Morgan fingerprint density at radius 3 is 2.17 bits per heavy atom. The first kappa shape index (κ1) is 21.0. The van der Waals surface area contributed by atoms with Crippen LogP contribution in [0.1, 0.15) is 30.0 Å². The predicted octanol–water partition coefficient (Wildman–Crippen LogP) is 2.46. The summed E-state index contributed by atoms with van der Waals surface area (Å²) < 4.78 is 40.8. The second-order valence-corrected chi connectivity index (χ2v) is 9.93. The van der Waals surface area contributed by atoms with Crippen molar-refractivity contribution in [1.29, 1.82) is 0 Å². The lowest BCUT2D eigenvalue weighted by Crippen LogP contribution is -2.52. The summed E-state index contributed by atoms with van der Waals surface area (Å²) in [5, 5.41) is 3.03. The van der Waals surface area contributed by atoms with Crippen LogP contribution in [-0.4, -0.2) is 55.8 Å². The highest BCUT2D eigenvalue weighted by Crippen LogP contribution is 2.27. The molecule has 1 aliphatic heterocycles. The topological polar surface area (TPSA) is 69.7 Å². The number of hydrogen-bond donors (Lipinski definition) is 1. The number of benzene rings is 2. The van der Waals surface area contributed by atoms with Gasteiger partial charge in [-0.1, -0.05) is 29.8 Å². The molecule has 0 spiro atoms. The van der Waals surface area contributed by atoms with Gasteiger partial charge in [0.25, 0.3) is 0 Å². The average molecular weight is 432 g/mol. The molecule has 2 aromatic carbocycles. The lowest BCUT2D eigenvalue weighted by atomic mass is 10.0. The lowest BCUT2D eigenvalue weighted by Gasteiger charge is -2.38. The Morgan fingerprint density at radius 2 is 1.60 bits per heavy atom. The molecule has 0 unspecified atom stereocenters. The van der Waals surface area contributed by atoms with Gasteiger partial charge in [0, 0.05) is 32.2 Å². The molecule has 160 valence electrons. The van der Waals surface area contributed by atoms with E-state index in [0.29, 0.717) is 31.7 Å². The van der Waals surface area contributed by atoms with Crippen molar-refractivity contribution in [3.8, 4) is 0 Å². The standard InChI is InChI=1S/C22H26FN3O3S/c1-16-2-10-20(11-3-16)30(28,29)26-14-12-25(13-15-26)21(22(27)24-19-8-9-19)17-4-6-18(23)7-5-17/h2-7,10-11,19,21H,8-9,12-15H2,1H3,(H,24,27)/t21-/m1/s1. The van der Waals surface area contributed by atoms with Crippen molar-refractivity contribution >= 4 is 15.9 Å². The zero-order valence-electron chi connectivity index (χ0n) is 16.9. The van der Waals surface area contributed by atoms with Crippen molar-refractivity contribution in [1.82, 2.24) is 14.5 Å². The molecule has 2 aromatic rings. The summed E-state index contributed by atoms with van der Waals surface area (Å²) in [5.74, 6) is -0.465. The van der Waals surface area contributed by atoms with Crippen molar-refractivity contribution in [2.24, 2.45) is 0 Å². The van der Waals surface area contributed by atoms with Crippen LogP contribution < -0.4 is 5.32 Å². The Hall–Kier alpha value is -2.29. The third-order valence-electron chi connectivity index (χ3n) is 5.65. The zero-order chi connectivity index (χ0) is 21.3. The molecular weight excluding hydrogens is 405 g/mol. The van der Waals surface area contributed by atoms with E-state index >= 15 is 0 Å². The van der Waals surface area contributed by atoms with Gasteiger partial charge < -0.3 is 5.32 Å². The highest BCUT2D eigenvalue weighted by molar-refractivity contribution is 7.89. The van der Waals surface area contributed by atoms with Crippen molar-refractivity contribution in [2.75, 3.05) is 26.2 Å². The van der Waals surface area contributed by atoms with Gasteiger partial charge in [-0.3, -0.25) is 9.69 Å². The van der Waals surface area contributed by atoms with Crippen LogP contribution in [0.25, 0.3) is 0 Å². The van der Waals surface area contributed by atoms with E-state index in [1.165, 1.54) is 16.4 Å². The number of rotatable bonds is 6. The van der Waals surface area contributed by atoms with Crippen LogP contribution in [0.4, 0.5) is 4.39 Å². The maximum absolute atomic E-state index is 13.4. The number of sulfonamides is 1. The number of carbonyl (C=O) groups excluding carboxylic acids is 1. The third-order valence-corrected chi connectivity index (χ3v) is 7.57. The second kappa shape index (κ2) is 8.45. The van der Waals surface area contributed by atoms with E-state index in [-0.39, 0.29) is 22.7 Å². The molecule has 4 rings (SSSR count). The van der Waals surface area contributed by atoms with Gasteiger partial charge in [-0.05, 0) is 49.6 Å². The molecule has 2 fully saturated rings. The van der Waals surface area contributed by atoms with Crippen molar-refractivity contribution in [3.05, 3.63) is 65.5 Å². The van der Waals surface area contributed by atoms with Gasteiger partial charge in [0.05, 0.1) is 4.90 Å². The third kappa shape index (κ3) is 4.55. The van der Waals surface area contributed by atoms with Crippen molar-refractivity contribution in [3.63, 3.8) is 0 Å². The first-order valence-electron chi connectivity index (χ1n) is 10.2. The van der Waals surface area contributed by atoms with E-state index in [4.69, 9.17) is 0 Å². The zero-order valence-corrected chi connectivity index (χ0v) is 17.7. The fourth-order valence-electron chi connectivity index (χ4n) is 3.74. The average Bonchev–Trinajstić information content (AvgIpc) is 3.54. The molecule has 0 radical (unpaired) electrons. The maximum Gasteiger partial charge on any atom is 0.243 e. The van der Waals surface area contributed by atoms with Crippen LogP contribution in [0.3, 0.4) is 0 Å². The van der Waals surface area contributed by atoms with Gasteiger partial charge in [-0.2, -0.15) is 4.31 Å². The van der Waals surface area contributed by atoms with Crippen LogP contribution in [-0.2, 0) is 14.8 Å². The van der Waals surface area contributed by atoms with Gasteiger partial charge in [-0.15, -0.1) is 0 Å². The van der Waals surface area contributed by atoms with Crippen LogP contribution in [0, 0.1) is 12.7 Å². The van der Waals surface area contributed by atoms with Gasteiger partial charge in [-0.25, -0.2) is 12.8 Å². The number of nitrogens with one attached hydrogen (secondary N) is 1. The molecule has 2 aliphatic rings. The van der Waals surface area contributed by atoms with Crippen molar-refractivity contribution in [2.45, 2.75) is 36.7 Å². The predicted molar refractivity (Wildman–Crippen MR) is 112 cm³/mol. The Balaban J connectivity index is 1.50. The molecule has 1 saturated carbocycles. The Bertz CT molecular complexity index is 997. The highest BCUT2D eigenvalue weighted by Gasteiger charge is 2.36. The summed E-state index contributed by atoms with van der Waals surface area (Å²) in [7, 11) is -3.57. The number of aryl methyl sites for hydroxylation is 1. The van der Waals surface area contributed by atoms with Gasteiger partial charge >= 0.3 is 0 Å². The van der Waals surface area contributed by atoms with E-state index in [9.17, 15) is 17.6 Å². The molecule has 1 aliphatic carbocycles. The van der Waals surface area contributed by atoms with Crippen LogP contribution in [0.5, 0.6) is 0 Å². The normalized spacial score (nSPS) is 19.4. The Kier molecular flexibility index (Phi) is 5.90. The number of hydrogen-bond acceptors (Lipinski definition) is 4. The second-order valence-electron chi connectivity index (χ2n) is 7.99. The summed E-state index contributed by atoms with van der Waals surface area (Å²) in [4.78, 5) is 15.2. The molecular formula is C22H26FN3O3S. The summed E-state index contributed by atoms with van der Waals surface area (Å²) in [6.07, 6.45) is 1.95. The Labute approximate surface area is 176 Å². The minimum absolute atomic E-state index is 0.112. The fraction of sp³-hybridized carbons (Fsp3) is 0.409. The first-order chi connectivity index (χ1) is 14.3. The molecule has 8 heteroatoms. The van der Waals surface area contributed by atoms with E-state index in [0.717, 1.165) is 18.4 Å². The molecule has 0 bridgehead atoms. The number of piperazine rings is 1. The quantitative estimate of drug-likeness (QED) is 0.763. The van der Waals surface area contributed by atoms with Gasteiger partial charge in [0.1, 0.15) is 11.9 Å². The van der Waals surface area contributed by atoms with Gasteiger partial charge in [0.2, 0.25) is 15.9 Å². The molecule has 1 heterocycles. The molecule has 1 amide bonds. The number of nitrogens with zero attached hydrogens (tertiary/aromatic N) is 2. The SMILES string of the molecule is Cc1ccc(S(=O)(=O)N2CCN([C@@H](C(=O)NC3CC3)c3ccc(F)cc3)CC2)cc1. The number of halogens is 1. The minimum atomic E-state index is -3.57.